The Bertz CT molecular complexity index is 1050. The zero-order valence-corrected chi connectivity index (χ0v) is 19.6. The van der Waals surface area contributed by atoms with Crippen LogP contribution in [0, 0.1) is 13.8 Å². The number of ether oxygens (including phenoxy) is 1. The Morgan fingerprint density at radius 3 is 2.61 bits per heavy atom. The molecule has 0 atom stereocenters. The molecule has 1 amide bonds. The molecule has 0 aliphatic carbocycles. The molecule has 2 aromatic carbocycles. The molecule has 0 spiro atoms. The van der Waals surface area contributed by atoms with Gasteiger partial charge in [0.25, 0.3) is 0 Å². The van der Waals surface area contributed by atoms with Crippen LogP contribution in [0.25, 0.3) is 0 Å². The van der Waals surface area contributed by atoms with Gasteiger partial charge in [0.15, 0.2) is 11.0 Å². The molecule has 0 saturated heterocycles. The number of hydrogen-bond donors (Lipinski definition) is 1. The molecule has 3 aromatic rings. The van der Waals surface area contributed by atoms with E-state index in [9.17, 15) is 4.79 Å². The smallest absolute Gasteiger partial charge is 0.234 e. The Hall–Kier alpha value is -2.80. The normalized spacial score (nSPS) is 11.0. The fourth-order valence-corrected chi connectivity index (χ4v) is 4.11. The van der Waals surface area contributed by atoms with Gasteiger partial charge in [-0.3, -0.25) is 4.79 Å². The lowest BCUT2D eigenvalue weighted by molar-refractivity contribution is -0.113. The summed E-state index contributed by atoms with van der Waals surface area (Å²) in [5.41, 5.74) is 4.24. The summed E-state index contributed by atoms with van der Waals surface area (Å²) < 4.78 is 8.12. The fraction of sp³-hybridized carbons (Fsp3) is 0.375. The van der Waals surface area contributed by atoms with Crippen LogP contribution in [0.3, 0.4) is 0 Å². The first-order valence-corrected chi connectivity index (χ1v) is 11.5. The van der Waals surface area contributed by atoms with Crippen LogP contribution in [-0.2, 0) is 17.9 Å². The van der Waals surface area contributed by atoms with E-state index >= 15 is 0 Å². The zero-order valence-electron chi connectivity index (χ0n) is 18.8. The lowest BCUT2D eigenvalue weighted by atomic mass is 10.0. The monoisotopic (exact) mass is 438 g/mol. The molecule has 0 aliphatic rings. The van der Waals surface area contributed by atoms with Crippen LogP contribution in [0.5, 0.6) is 5.75 Å². The Kier molecular flexibility index (Phi) is 7.74. The van der Waals surface area contributed by atoms with E-state index in [2.05, 4.69) is 54.5 Å². The Balaban J connectivity index is 1.63. The molecule has 0 bridgehead atoms. The van der Waals surface area contributed by atoms with Gasteiger partial charge in [0.1, 0.15) is 12.4 Å². The quantitative estimate of drug-likeness (QED) is 0.456. The van der Waals surface area contributed by atoms with Crippen LogP contribution in [0.1, 0.15) is 49.2 Å². The van der Waals surface area contributed by atoms with Crippen molar-refractivity contribution in [2.45, 2.75) is 58.8 Å². The molecule has 0 saturated carbocycles. The molecule has 1 heterocycles. The van der Waals surface area contributed by atoms with Crippen molar-refractivity contribution in [3.05, 3.63) is 65.0 Å². The molecule has 7 heteroatoms. The second-order valence-electron chi connectivity index (χ2n) is 7.83. The number of aryl methyl sites for hydroxylation is 2. The summed E-state index contributed by atoms with van der Waals surface area (Å²) in [6.45, 7) is 11.4. The van der Waals surface area contributed by atoms with Crippen molar-refractivity contribution in [1.82, 2.24) is 14.8 Å². The summed E-state index contributed by atoms with van der Waals surface area (Å²) in [6, 6.07) is 14.0. The summed E-state index contributed by atoms with van der Waals surface area (Å²) in [5.74, 6) is 2.20. The fourth-order valence-electron chi connectivity index (χ4n) is 3.29. The first kappa shape index (κ1) is 22.9. The van der Waals surface area contributed by atoms with Crippen molar-refractivity contribution in [1.29, 1.82) is 0 Å². The standard InChI is InChI=1S/C24H30N4O2S/c1-6-28-22(14-30-21-13-18(5)10-11-20(21)16(2)3)26-27-24(28)31-15-23(29)25-19-9-7-8-17(4)12-19/h7-13,16H,6,14-15H2,1-5H3,(H,25,29). The van der Waals surface area contributed by atoms with Gasteiger partial charge in [-0.2, -0.15) is 0 Å². The molecular formula is C24H30N4O2S. The summed E-state index contributed by atoms with van der Waals surface area (Å²) >= 11 is 1.38. The van der Waals surface area contributed by atoms with E-state index in [0.717, 1.165) is 28.4 Å². The minimum Gasteiger partial charge on any atom is -0.485 e. The van der Waals surface area contributed by atoms with E-state index in [-0.39, 0.29) is 11.7 Å². The van der Waals surface area contributed by atoms with E-state index < -0.39 is 0 Å². The van der Waals surface area contributed by atoms with Crippen LogP contribution in [0.15, 0.2) is 47.6 Å². The van der Waals surface area contributed by atoms with Crippen LogP contribution in [0.2, 0.25) is 0 Å². The maximum absolute atomic E-state index is 12.3. The average Bonchev–Trinajstić information content (AvgIpc) is 3.12. The van der Waals surface area contributed by atoms with Gasteiger partial charge in [-0.05, 0) is 61.6 Å². The van der Waals surface area contributed by atoms with Crippen LogP contribution < -0.4 is 10.1 Å². The number of anilines is 1. The maximum Gasteiger partial charge on any atom is 0.234 e. The van der Waals surface area contributed by atoms with Crippen molar-refractivity contribution in [3.8, 4) is 5.75 Å². The average molecular weight is 439 g/mol. The lowest BCUT2D eigenvalue weighted by Crippen LogP contribution is -2.15. The highest BCUT2D eigenvalue weighted by Gasteiger charge is 2.15. The summed E-state index contributed by atoms with van der Waals surface area (Å²) in [4.78, 5) is 12.3. The SMILES string of the molecule is CCn1c(COc2cc(C)ccc2C(C)C)nnc1SCC(=O)Nc1cccc(C)c1. The van der Waals surface area contributed by atoms with E-state index in [4.69, 9.17) is 4.74 Å². The van der Waals surface area contributed by atoms with Gasteiger partial charge in [0.05, 0.1) is 5.75 Å². The third kappa shape index (κ3) is 6.10. The molecule has 1 N–H and O–H groups in total. The van der Waals surface area contributed by atoms with Crippen LogP contribution >= 0.6 is 11.8 Å². The number of carbonyl (C=O) groups is 1. The van der Waals surface area contributed by atoms with Gasteiger partial charge in [-0.1, -0.05) is 49.9 Å². The minimum absolute atomic E-state index is 0.0691. The third-order valence-corrected chi connectivity index (χ3v) is 5.86. The van der Waals surface area contributed by atoms with Gasteiger partial charge in [0.2, 0.25) is 5.91 Å². The summed E-state index contributed by atoms with van der Waals surface area (Å²) in [5, 5.41) is 12.2. The number of amides is 1. The molecule has 31 heavy (non-hydrogen) atoms. The third-order valence-electron chi connectivity index (χ3n) is 4.89. The minimum atomic E-state index is -0.0691. The number of benzene rings is 2. The van der Waals surface area contributed by atoms with Gasteiger partial charge >= 0.3 is 0 Å². The molecule has 6 nitrogen and oxygen atoms in total. The van der Waals surface area contributed by atoms with Crippen molar-refractivity contribution >= 4 is 23.4 Å². The first-order chi connectivity index (χ1) is 14.9. The number of hydrogen-bond acceptors (Lipinski definition) is 5. The van der Waals surface area contributed by atoms with Crippen molar-refractivity contribution in [2.24, 2.45) is 0 Å². The maximum atomic E-state index is 12.3. The summed E-state index contributed by atoms with van der Waals surface area (Å²) in [6.07, 6.45) is 0. The topological polar surface area (TPSA) is 69.0 Å². The van der Waals surface area contributed by atoms with E-state index in [1.807, 2.05) is 42.7 Å². The molecule has 164 valence electrons. The van der Waals surface area contributed by atoms with E-state index in [1.165, 1.54) is 17.3 Å². The largest absolute Gasteiger partial charge is 0.485 e. The van der Waals surface area contributed by atoms with Crippen molar-refractivity contribution in [3.63, 3.8) is 0 Å². The van der Waals surface area contributed by atoms with Crippen molar-refractivity contribution in [2.75, 3.05) is 11.1 Å². The van der Waals surface area contributed by atoms with Gasteiger partial charge in [-0.15, -0.1) is 10.2 Å². The van der Waals surface area contributed by atoms with E-state index in [0.29, 0.717) is 24.2 Å². The number of rotatable bonds is 9. The van der Waals surface area contributed by atoms with Crippen molar-refractivity contribution < 1.29 is 9.53 Å². The second-order valence-corrected chi connectivity index (χ2v) is 8.78. The Morgan fingerprint density at radius 1 is 1.13 bits per heavy atom. The molecule has 0 unspecified atom stereocenters. The molecular weight excluding hydrogens is 408 g/mol. The number of thioether (sulfide) groups is 1. The lowest BCUT2D eigenvalue weighted by Gasteiger charge is -2.15. The molecule has 0 radical (unpaired) electrons. The van der Waals surface area contributed by atoms with Gasteiger partial charge < -0.3 is 14.6 Å². The van der Waals surface area contributed by atoms with E-state index in [1.54, 1.807) is 0 Å². The van der Waals surface area contributed by atoms with Crippen LogP contribution in [-0.4, -0.2) is 26.4 Å². The van der Waals surface area contributed by atoms with Gasteiger partial charge in [-0.25, -0.2) is 0 Å². The summed E-state index contributed by atoms with van der Waals surface area (Å²) in [7, 11) is 0. The first-order valence-electron chi connectivity index (χ1n) is 10.5. The Morgan fingerprint density at radius 2 is 1.90 bits per heavy atom. The Labute approximate surface area is 188 Å². The molecule has 0 aliphatic heterocycles. The number of nitrogens with zero attached hydrogens (tertiary/aromatic N) is 3. The number of nitrogens with one attached hydrogen (secondary N) is 1. The van der Waals surface area contributed by atoms with Crippen LogP contribution in [0.4, 0.5) is 5.69 Å². The number of aromatic nitrogens is 3. The van der Waals surface area contributed by atoms with Gasteiger partial charge in [0, 0.05) is 12.2 Å². The number of carbonyl (C=O) groups excluding carboxylic acids is 1. The highest BCUT2D eigenvalue weighted by Crippen LogP contribution is 2.28. The predicted octanol–water partition coefficient (Wildman–Crippen LogP) is 5.35. The predicted molar refractivity (Wildman–Crippen MR) is 126 cm³/mol. The molecule has 0 fully saturated rings. The zero-order chi connectivity index (χ0) is 22.4. The molecule has 3 rings (SSSR count). The highest BCUT2D eigenvalue weighted by molar-refractivity contribution is 7.99. The second kappa shape index (κ2) is 10.5. The highest BCUT2D eigenvalue weighted by atomic mass is 32.2. The molecule has 1 aromatic heterocycles.